The van der Waals surface area contributed by atoms with E-state index < -0.39 is 14.7 Å². The van der Waals surface area contributed by atoms with Gasteiger partial charge in [0.05, 0.1) is 0 Å². The maximum Gasteiger partial charge on any atom is 0.537 e. The van der Waals surface area contributed by atoms with Crippen LogP contribution in [0, 0.1) is 0 Å². The van der Waals surface area contributed by atoms with Crippen molar-refractivity contribution in [1.82, 2.24) is 0 Å². The standard InChI is InChI=1S/C19H31N3O4Si/c1-4-7-13-24-27(25-14-8-5-2,26-15-9-6-3)18-12-10-11-17(16-18)19(23)21-22-20/h10-12,16H,4-9,13-15H2,1-3H3. The Morgan fingerprint density at radius 3 is 1.96 bits per heavy atom. The molecule has 0 atom stereocenters. The molecule has 0 bridgehead atoms. The first kappa shape index (κ1) is 23.3. The molecule has 0 aromatic heterocycles. The fraction of sp³-hybridized carbons (Fsp3) is 0.632. The van der Waals surface area contributed by atoms with E-state index >= 15 is 0 Å². The van der Waals surface area contributed by atoms with Gasteiger partial charge >= 0.3 is 8.80 Å². The molecule has 0 N–H and O–H groups in total. The average Bonchev–Trinajstić information content (AvgIpc) is 2.68. The molecular weight excluding hydrogens is 362 g/mol. The van der Waals surface area contributed by atoms with Crippen LogP contribution in [0.15, 0.2) is 29.4 Å². The molecule has 0 aliphatic carbocycles. The monoisotopic (exact) mass is 393 g/mol. The Labute approximate surface area is 163 Å². The van der Waals surface area contributed by atoms with Crippen molar-refractivity contribution in [2.75, 3.05) is 19.8 Å². The second-order valence-corrected chi connectivity index (χ2v) is 8.79. The minimum absolute atomic E-state index is 0.305. The topological polar surface area (TPSA) is 93.5 Å². The lowest BCUT2D eigenvalue weighted by Gasteiger charge is -2.30. The zero-order chi connectivity index (χ0) is 20.0. The highest BCUT2D eigenvalue weighted by Gasteiger charge is 2.44. The van der Waals surface area contributed by atoms with Crippen LogP contribution in [-0.2, 0) is 13.3 Å². The number of nitrogens with zero attached hydrogens (tertiary/aromatic N) is 3. The second kappa shape index (κ2) is 13.5. The third-order valence-corrected chi connectivity index (χ3v) is 6.74. The van der Waals surface area contributed by atoms with Crippen LogP contribution in [0.1, 0.15) is 69.7 Å². The summed E-state index contributed by atoms with van der Waals surface area (Å²) in [4.78, 5) is 14.6. The molecule has 150 valence electrons. The molecule has 0 aliphatic rings. The summed E-state index contributed by atoms with van der Waals surface area (Å²) < 4.78 is 18.7. The summed E-state index contributed by atoms with van der Waals surface area (Å²) in [7, 11) is -3.17. The molecule has 0 fully saturated rings. The molecule has 8 heteroatoms. The number of benzene rings is 1. The Kier molecular flexibility index (Phi) is 11.6. The van der Waals surface area contributed by atoms with E-state index in [4.69, 9.17) is 18.8 Å². The highest BCUT2D eigenvalue weighted by molar-refractivity contribution is 6.75. The predicted molar refractivity (Wildman–Crippen MR) is 108 cm³/mol. The zero-order valence-electron chi connectivity index (χ0n) is 16.6. The maximum atomic E-state index is 12.0. The van der Waals surface area contributed by atoms with E-state index in [0.717, 1.165) is 43.7 Å². The first-order valence-corrected chi connectivity index (χ1v) is 11.5. The highest BCUT2D eigenvalue weighted by atomic mass is 28.4. The van der Waals surface area contributed by atoms with E-state index in [1.807, 2.05) is 6.07 Å². The second-order valence-electron chi connectivity index (χ2n) is 6.24. The summed E-state index contributed by atoms with van der Waals surface area (Å²) in [6, 6.07) is 6.90. The van der Waals surface area contributed by atoms with Gasteiger partial charge in [-0.2, -0.15) is 0 Å². The third-order valence-electron chi connectivity index (χ3n) is 3.97. The molecule has 1 amide bonds. The number of hydrogen-bond donors (Lipinski definition) is 0. The lowest BCUT2D eigenvalue weighted by atomic mass is 10.2. The van der Waals surface area contributed by atoms with E-state index in [-0.39, 0.29) is 0 Å². The Morgan fingerprint density at radius 2 is 1.52 bits per heavy atom. The van der Waals surface area contributed by atoms with Crippen LogP contribution in [0.3, 0.4) is 0 Å². The smallest absolute Gasteiger partial charge is 0.370 e. The molecule has 7 nitrogen and oxygen atoms in total. The summed E-state index contributed by atoms with van der Waals surface area (Å²) in [5, 5.41) is 3.91. The van der Waals surface area contributed by atoms with Crippen molar-refractivity contribution in [3.63, 3.8) is 0 Å². The molecule has 0 heterocycles. The van der Waals surface area contributed by atoms with E-state index in [2.05, 4.69) is 30.8 Å². The van der Waals surface area contributed by atoms with Crippen LogP contribution in [0.4, 0.5) is 0 Å². The molecule has 0 saturated carbocycles. The molecule has 27 heavy (non-hydrogen) atoms. The van der Waals surface area contributed by atoms with Gasteiger partial charge in [-0.1, -0.05) is 58.2 Å². The number of unbranched alkanes of at least 4 members (excludes halogenated alkanes) is 3. The molecule has 0 spiro atoms. The number of rotatable bonds is 14. The first-order valence-electron chi connectivity index (χ1n) is 9.75. The van der Waals surface area contributed by atoms with Crippen LogP contribution in [-0.4, -0.2) is 34.5 Å². The number of carbonyl (C=O) groups is 1. The SMILES string of the molecule is CCCCO[Si](OCCCC)(OCCCC)c1cccc(C(=O)N=[N+]=[N-])c1. The highest BCUT2D eigenvalue weighted by Crippen LogP contribution is 2.15. The van der Waals surface area contributed by atoms with Gasteiger partial charge in [-0.15, -0.1) is 0 Å². The Bertz CT molecular complexity index is 594. The number of azide groups is 1. The summed E-state index contributed by atoms with van der Waals surface area (Å²) in [5.41, 5.74) is 8.83. The van der Waals surface area contributed by atoms with Crippen molar-refractivity contribution in [2.45, 2.75) is 59.3 Å². The summed E-state index contributed by atoms with van der Waals surface area (Å²) in [6.07, 6.45) is 5.72. The summed E-state index contributed by atoms with van der Waals surface area (Å²) in [5.74, 6) is -0.627. The minimum atomic E-state index is -3.17. The van der Waals surface area contributed by atoms with Gasteiger partial charge in [0, 0.05) is 35.5 Å². The van der Waals surface area contributed by atoms with Crippen molar-refractivity contribution < 1.29 is 18.1 Å². The molecule has 0 radical (unpaired) electrons. The van der Waals surface area contributed by atoms with Crippen LogP contribution >= 0.6 is 0 Å². The lowest BCUT2D eigenvalue weighted by Crippen LogP contribution is -2.57. The van der Waals surface area contributed by atoms with Crippen LogP contribution in [0.5, 0.6) is 0 Å². The molecule has 0 unspecified atom stereocenters. The number of hydrogen-bond acceptors (Lipinski definition) is 4. The van der Waals surface area contributed by atoms with Crippen molar-refractivity contribution >= 4 is 19.9 Å². The number of amides is 1. The molecule has 0 aliphatic heterocycles. The van der Waals surface area contributed by atoms with Gasteiger partial charge in [-0.25, -0.2) is 0 Å². The zero-order valence-corrected chi connectivity index (χ0v) is 17.6. The summed E-state index contributed by atoms with van der Waals surface area (Å²) in [6.45, 7) is 7.91. The van der Waals surface area contributed by atoms with Gasteiger partial charge in [-0.05, 0) is 36.0 Å². The van der Waals surface area contributed by atoms with Crippen LogP contribution in [0.25, 0.3) is 10.4 Å². The van der Waals surface area contributed by atoms with Crippen LogP contribution < -0.4 is 5.19 Å². The van der Waals surface area contributed by atoms with E-state index in [1.165, 1.54) is 0 Å². The Hall–Kier alpha value is -1.70. The van der Waals surface area contributed by atoms with E-state index in [9.17, 15) is 4.79 Å². The van der Waals surface area contributed by atoms with Gasteiger partial charge < -0.3 is 13.3 Å². The minimum Gasteiger partial charge on any atom is -0.370 e. The van der Waals surface area contributed by atoms with Crippen molar-refractivity contribution in [3.8, 4) is 0 Å². The fourth-order valence-corrected chi connectivity index (χ4v) is 4.99. The van der Waals surface area contributed by atoms with Crippen molar-refractivity contribution in [3.05, 3.63) is 40.3 Å². The van der Waals surface area contributed by atoms with Crippen molar-refractivity contribution in [1.29, 1.82) is 0 Å². The molecular formula is C19H31N3O4Si. The van der Waals surface area contributed by atoms with Gasteiger partial charge in [0.25, 0.3) is 0 Å². The average molecular weight is 394 g/mol. The third kappa shape index (κ3) is 7.82. The largest absolute Gasteiger partial charge is 0.537 e. The lowest BCUT2D eigenvalue weighted by molar-refractivity contribution is 0.0700. The van der Waals surface area contributed by atoms with Gasteiger partial charge in [-0.3, -0.25) is 4.79 Å². The van der Waals surface area contributed by atoms with Crippen LogP contribution in [0.2, 0.25) is 0 Å². The fourth-order valence-electron chi connectivity index (χ4n) is 2.37. The number of carbonyl (C=O) groups excluding carboxylic acids is 1. The van der Waals surface area contributed by atoms with Gasteiger partial charge in [0.2, 0.25) is 5.91 Å². The van der Waals surface area contributed by atoms with Crippen molar-refractivity contribution in [2.24, 2.45) is 5.11 Å². The quantitative estimate of drug-likeness (QED) is 0.150. The Morgan fingerprint density at radius 1 is 1.00 bits per heavy atom. The summed E-state index contributed by atoms with van der Waals surface area (Å²) >= 11 is 0. The van der Waals surface area contributed by atoms with Gasteiger partial charge in [0.15, 0.2) is 0 Å². The molecule has 1 aromatic carbocycles. The van der Waals surface area contributed by atoms with Gasteiger partial charge in [0.1, 0.15) is 0 Å². The predicted octanol–water partition coefficient (Wildman–Crippen LogP) is 4.73. The molecule has 1 rings (SSSR count). The van der Waals surface area contributed by atoms with E-state index in [1.54, 1.807) is 18.2 Å². The normalized spacial score (nSPS) is 11.2. The first-order chi connectivity index (χ1) is 13.1. The Balaban J connectivity index is 3.22. The van der Waals surface area contributed by atoms with E-state index in [0.29, 0.717) is 25.4 Å². The maximum absolute atomic E-state index is 12.0. The molecule has 0 saturated heterocycles. The molecule has 1 aromatic rings.